The summed E-state index contributed by atoms with van der Waals surface area (Å²) in [7, 11) is 0. The highest BCUT2D eigenvalue weighted by Gasteiger charge is 2.35. The van der Waals surface area contributed by atoms with Gasteiger partial charge in [-0.2, -0.15) is 5.26 Å². The molecule has 0 aliphatic carbocycles. The summed E-state index contributed by atoms with van der Waals surface area (Å²) < 4.78 is 0. The Morgan fingerprint density at radius 1 is 1.29 bits per heavy atom. The molecule has 0 saturated heterocycles. The van der Waals surface area contributed by atoms with Crippen LogP contribution >= 0.6 is 0 Å². The Balaban J connectivity index is 2.43. The highest BCUT2D eigenvalue weighted by atomic mass is 16.2. The summed E-state index contributed by atoms with van der Waals surface area (Å²) in [6, 6.07) is 11.7. The van der Waals surface area contributed by atoms with Gasteiger partial charge in [0.15, 0.2) is 0 Å². The minimum absolute atomic E-state index is 0.259. The average Bonchev–Trinajstić information content (AvgIpc) is 2.50. The molecule has 108 valence electrons. The number of rotatable bonds is 4. The number of para-hydroxylation sites is 1. The van der Waals surface area contributed by atoms with E-state index in [9.17, 15) is 10.1 Å². The van der Waals surface area contributed by atoms with Crippen LogP contribution in [0.5, 0.6) is 0 Å². The SMILES string of the molecule is CCC(C#N)(CC)C(=O)Nc1cccc2ccc(C)nc12. The average molecular weight is 281 g/mol. The molecule has 0 atom stereocenters. The molecular formula is C17H19N3O. The Morgan fingerprint density at radius 3 is 2.62 bits per heavy atom. The lowest BCUT2D eigenvalue weighted by Crippen LogP contribution is -2.34. The summed E-state index contributed by atoms with van der Waals surface area (Å²) in [5.41, 5.74) is 1.32. The van der Waals surface area contributed by atoms with Crippen molar-refractivity contribution in [3.63, 3.8) is 0 Å². The number of hydrogen-bond donors (Lipinski definition) is 1. The van der Waals surface area contributed by atoms with E-state index in [2.05, 4.69) is 16.4 Å². The zero-order valence-corrected chi connectivity index (χ0v) is 12.6. The fraction of sp³-hybridized carbons (Fsp3) is 0.353. The van der Waals surface area contributed by atoms with Crippen LogP contribution in [0.1, 0.15) is 32.4 Å². The summed E-state index contributed by atoms with van der Waals surface area (Å²) in [6.45, 7) is 5.63. The van der Waals surface area contributed by atoms with Gasteiger partial charge >= 0.3 is 0 Å². The molecule has 0 fully saturated rings. The molecule has 0 aliphatic heterocycles. The second kappa shape index (κ2) is 5.92. The number of hydrogen-bond acceptors (Lipinski definition) is 3. The number of aromatic nitrogens is 1. The van der Waals surface area contributed by atoms with Crippen LogP contribution in [0.15, 0.2) is 30.3 Å². The van der Waals surface area contributed by atoms with Gasteiger partial charge in [-0.1, -0.05) is 32.0 Å². The number of aryl methyl sites for hydroxylation is 1. The first-order valence-corrected chi connectivity index (χ1v) is 7.15. The fourth-order valence-corrected chi connectivity index (χ4v) is 2.37. The summed E-state index contributed by atoms with van der Waals surface area (Å²) in [4.78, 5) is 17.0. The van der Waals surface area contributed by atoms with E-state index in [4.69, 9.17) is 0 Å². The van der Waals surface area contributed by atoms with Crippen molar-refractivity contribution in [2.75, 3.05) is 5.32 Å². The number of amides is 1. The van der Waals surface area contributed by atoms with Crippen LogP contribution in [0.2, 0.25) is 0 Å². The molecular weight excluding hydrogens is 262 g/mol. The van der Waals surface area contributed by atoms with E-state index in [0.29, 0.717) is 18.5 Å². The standard InChI is InChI=1S/C17H19N3O/c1-4-17(5-2,11-18)16(21)20-14-8-6-7-13-10-9-12(3)19-15(13)14/h6-10H,4-5H2,1-3H3,(H,20,21). The van der Waals surface area contributed by atoms with Crippen LogP contribution in [-0.4, -0.2) is 10.9 Å². The van der Waals surface area contributed by atoms with E-state index < -0.39 is 5.41 Å². The van der Waals surface area contributed by atoms with E-state index in [1.807, 2.05) is 51.1 Å². The normalized spacial score (nSPS) is 11.1. The first kappa shape index (κ1) is 15.0. The summed E-state index contributed by atoms with van der Waals surface area (Å²) in [5.74, 6) is -0.259. The first-order valence-electron chi connectivity index (χ1n) is 7.15. The second-order valence-electron chi connectivity index (χ2n) is 5.19. The molecule has 2 rings (SSSR count). The Kier molecular flexibility index (Phi) is 4.23. The largest absolute Gasteiger partial charge is 0.323 e. The number of fused-ring (bicyclic) bond motifs is 1. The van der Waals surface area contributed by atoms with Crippen molar-refractivity contribution >= 4 is 22.5 Å². The smallest absolute Gasteiger partial charge is 0.244 e. The van der Waals surface area contributed by atoms with Gasteiger partial charge in [0, 0.05) is 11.1 Å². The number of carbonyl (C=O) groups excluding carboxylic acids is 1. The molecule has 0 bridgehead atoms. The van der Waals surface area contributed by atoms with E-state index in [1.54, 1.807) is 0 Å². The van der Waals surface area contributed by atoms with Gasteiger partial charge in [0.2, 0.25) is 5.91 Å². The molecule has 0 radical (unpaired) electrons. The summed E-state index contributed by atoms with van der Waals surface area (Å²) in [5, 5.41) is 13.2. The monoisotopic (exact) mass is 281 g/mol. The fourth-order valence-electron chi connectivity index (χ4n) is 2.37. The van der Waals surface area contributed by atoms with Gasteiger partial charge in [0.1, 0.15) is 5.41 Å². The third kappa shape index (κ3) is 2.73. The Labute approximate surface area is 124 Å². The predicted molar refractivity (Wildman–Crippen MR) is 83.7 cm³/mol. The number of nitrogens with one attached hydrogen (secondary N) is 1. The van der Waals surface area contributed by atoms with Crippen LogP contribution in [0.4, 0.5) is 5.69 Å². The minimum Gasteiger partial charge on any atom is -0.323 e. The lowest BCUT2D eigenvalue weighted by Gasteiger charge is -2.22. The van der Waals surface area contributed by atoms with Crippen LogP contribution < -0.4 is 5.32 Å². The number of benzene rings is 1. The molecule has 0 unspecified atom stereocenters. The molecule has 4 heteroatoms. The van der Waals surface area contributed by atoms with Crippen LogP contribution in [0, 0.1) is 23.7 Å². The number of pyridine rings is 1. The van der Waals surface area contributed by atoms with Crippen LogP contribution in [-0.2, 0) is 4.79 Å². The molecule has 1 N–H and O–H groups in total. The van der Waals surface area contributed by atoms with E-state index in [0.717, 1.165) is 16.6 Å². The Morgan fingerprint density at radius 2 is 2.00 bits per heavy atom. The lowest BCUT2D eigenvalue weighted by atomic mass is 9.83. The molecule has 1 aromatic heterocycles. The van der Waals surface area contributed by atoms with E-state index >= 15 is 0 Å². The molecule has 0 aliphatic rings. The molecule has 0 saturated carbocycles. The summed E-state index contributed by atoms with van der Waals surface area (Å²) in [6.07, 6.45) is 0.978. The Bertz CT molecular complexity index is 712. The maximum absolute atomic E-state index is 12.5. The van der Waals surface area contributed by atoms with E-state index in [-0.39, 0.29) is 5.91 Å². The molecule has 1 amide bonds. The molecule has 2 aromatic rings. The zero-order valence-electron chi connectivity index (χ0n) is 12.6. The number of nitrogens with zero attached hydrogens (tertiary/aromatic N) is 2. The van der Waals surface area contributed by atoms with Gasteiger partial charge in [0.25, 0.3) is 0 Å². The van der Waals surface area contributed by atoms with Crippen molar-refractivity contribution in [3.8, 4) is 6.07 Å². The van der Waals surface area contributed by atoms with Gasteiger partial charge in [-0.3, -0.25) is 9.78 Å². The van der Waals surface area contributed by atoms with Gasteiger partial charge in [-0.05, 0) is 31.9 Å². The topological polar surface area (TPSA) is 65.8 Å². The predicted octanol–water partition coefficient (Wildman–Crippen LogP) is 3.81. The molecule has 1 heterocycles. The maximum atomic E-state index is 12.5. The van der Waals surface area contributed by atoms with Gasteiger partial charge < -0.3 is 5.32 Å². The molecule has 0 spiro atoms. The number of carbonyl (C=O) groups is 1. The third-order valence-corrected chi connectivity index (χ3v) is 3.96. The number of nitriles is 1. The van der Waals surface area contributed by atoms with Crippen molar-refractivity contribution in [1.29, 1.82) is 5.26 Å². The Hall–Kier alpha value is -2.41. The quantitative estimate of drug-likeness (QED) is 0.926. The van der Waals surface area contributed by atoms with Crippen molar-refractivity contribution in [2.24, 2.45) is 5.41 Å². The van der Waals surface area contributed by atoms with Crippen molar-refractivity contribution < 1.29 is 4.79 Å². The van der Waals surface area contributed by atoms with Crippen LogP contribution in [0.3, 0.4) is 0 Å². The van der Waals surface area contributed by atoms with Crippen molar-refractivity contribution in [1.82, 2.24) is 4.98 Å². The first-order chi connectivity index (χ1) is 10.1. The van der Waals surface area contributed by atoms with Crippen molar-refractivity contribution in [3.05, 3.63) is 36.0 Å². The second-order valence-corrected chi connectivity index (χ2v) is 5.19. The van der Waals surface area contributed by atoms with Crippen molar-refractivity contribution in [2.45, 2.75) is 33.6 Å². The highest BCUT2D eigenvalue weighted by molar-refractivity contribution is 6.03. The van der Waals surface area contributed by atoms with Crippen LogP contribution in [0.25, 0.3) is 10.9 Å². The maximum Gasteiger partial charge on any atom is 0.244 e. The molecule has 1 aromatic carbocycles. The third-order valence-electron chi connectivity index (χ3n) is 3.96. The number of anilines is 1. The minimum atomic E-state index is -0.980. The molecule has 4 nitrogen and oxygen atoms in total. The highest BCUT2D eigenvalue weighted by Crippen LogP contribution is 2.29. The van der Waals surface area contributed by atoms with Gasteiger partial charge in [-0.25, -0.2) is 0 Å². The van der Waals surface area contributed by atoms with Gasteiger partial charge in [-0.15, -0.1) is 0 Å². The van der Waals surface area contributed by atoms with E-state index in [1.165, 1.54) is 0 Å². The zero-order chi connectivity index (χ0) is 15.5. The summed E-state index contributed by atoms with van der Waals surface area (Å²) >= 11 is 0. The lowest BCUT2D eigenvalue weighted by molar-refractivity contribution is -0.123. The van der Waals surface area contributed by atoms with Gasteiger partial charge in [0.05, 0.1) is 17.3 Å². The molecule has 21 heavy (non-hydrogen) atoms.